The van der Waals surface area contributed by atoms with Crippen molar-refractivity contribution in [2.75, 3.05) is 11.9 Å². The molecule has 0 aliphatic heterocycles. The first-order chi connectivity index (χ1) is 8.36. The highest BCUT2D eigenvalue weighted by molar-refractivity contribution is 9.10. The summed E-state index contributed by atoms with van der Waals surface area (Å²) in [5.41, 5.74) is -0.103. The van der Waals surface area contributed by atoms with Crippen molar-refractivity contribution in [1.82, 2.24) is 0 Å². The molecule has 2 unspecified atom stereocenters. The average molecular weight is 321 g/mol. The number of benzene rings is 1. The van der Waals surface area contributed by atoms with Gasteiger partial charge in [0.15, 0.2) is 0 Å². The van der Waals surface area contributed by atoms with E-state index in [-0.39, 0.29) is 34.4 Å². The standard InChI is InChI=1S/C11H14BrFN2O3/c1-6(5-16)7(2)14-10-3-8(12)9(13)4-11(10)15(17)18/h3-4,6-7,14,16H,5H2,1-2H3. The van der Waals surface area contributed by atoms with E-state index < -0.39 is 10.7 Å². The molecule has 0 bridgehead atoms. The van der Waals surface area contributed by atoms with E-state index in [9.17, 15) is 14.5 Å². The largest absolute Gasteiger partial charge is 0.396 e. The van der Waals surface area contributed by atoms with Crippen LogP contribution in [0, 0.1) is 21.8 Å². The summed E-state index contributed by atoms with van der Waals surface area (Å²) in [6, 6.07) is 2.02. The maximum atomic E-state index is 13.3. The van der Waals surface area contributed by atoms with Crippen molar-refractivity contribution >= 4 is 27.3 Å². The number of anilines is 1. The van der Waals surface area contributed by atoms with Crippen LogP contribution in [0.4, 0.5) is 15.8 Å². The van der Waals surface area contributed by atoms with Gasteiger partial charge in [-0.2, -0.15) is 0 Å². The summed E-state index contributed by atoms with van der Waals surface area (Å²) in [6.07, 6.45) is 0. The molecule has 2 N–H and O–H groups in total. The van der Waals surface area contributed by atoms with Gasteiger partial charge in [0.1, 0.15) is 11.5 Å². The minimum absolute atomic E-state index is 0.0374. The summed E-state index contributed by atoms with van der Waals surface area (Å²) in [7, 11) is 0. The predicted molar refractivity (Wildman–Crippen MR) is 70.1 cm³/mol. The Morgan fingerprint density at radius 3 is 2.67 bits per heavy atom. The Morgan fingerprint density at radius 1 is 1.56 bits per heavy atom. The summed E-state index contributed by atoms with van der Waals surface area (Å²) in [6.45, 7) is 3.56. The molecule has 0 saturated heterocycles. The fourth-order valence-corrected chi connectivity index (χ4v) is 1.69. The quantitative estimate of drug-likeness (QED) is 0.646. The van der Waals surface area contributed by atoms with Crippen molar-refractivity contribution in [3.8, 4) is 0 Å². The molecular weight excluding hydrogens is 307 g/mol. The van der Waals surface area contributed by atoms with Crippen LogP contribution in [0.5, 0.6) is 0 Å². The van der Waals surface area contributed by atoms with Gasteiger partial charge in [0.05, 0.1) is 15.5 Å². The fourth-order valence-electron chi connectivity index (χ4n) is 1.35. The second-order valence-corrected chi connectivity index (χ2v) is 4.99. The van der Waals surface area contributed by atoms with Crippen LogP contribution in [-0.4, -0.2) is 22.7 Å². The van der Waals surface area contributed by atoms with Crippen LogP contribution < -0.4 is 5.32 Å². The zero-order valence-corrected chi connectivity index (χ0v) is 11.6. The van der Waals surface area contributed by atoms with E-state index in [4.69, 9.17) is 5.11 Å². The van der Waals surface area contributed by atoms with Crippen molar-refractivity contribution in [3.63, 3.8) is 0 Å². The lowest BCUT2D eigenvalue weighted by atomic mass is 10.0. The minimum Gasteiger partial charge on any atom is -0.396 e. The third-order valence-electron chi connectivity index (χ3n) is 2.76. The summed E-state index contributed by atoms with van der Waals surface area (Å²) in [5, 5.41) is 22.8. The predicted octanol–water partition coefficient (Wildman–Crippen LogP) is 2.93. The molecule has 1 aromatic carbocycles. The van der Waals surface area contributed by atoms with E-state index in [0.29, 0.717) is 0 Å². The van der Waals surface area contributed by atoms with Crippen LogP contribution >= 0.6 is 15.9 Å². The molecule has 1 aromatic rings. The number of nitro groups is 1. The second kappa shape index (κ2) is 6.10. The molecule has 2 atom stereocenters. The Balaban J connectivity index is 3.07. The number of nitrogens with one attached hydrogen (secondary N) is 1. The van der Waals surface area contributed by atoms with Crippen molar-refractivity contribution in [2.24, 2.45) is 5.92 Å². The highest BCUT2D eigenvalue weighted by Crippen LogP contribution is 2.31. The molecule has 0 radical (unpaired) electrons. The molecule has 0 aliphatic rings. The molecular formula is C11H14BrFN2O3. The molecule has 0 spiro atoms. The molecule has 0 aromatic heterocycles. The maximum absolute atomic E-state index is 13.3. The molecule has 18 heavy (non-hydrogen) atoms. The van der Waals surface area contributed by atoms with Crippen LogP contribution in [-0.2, 0) is 0 Å². The van der Waals surface area contributed by atoms with Gasteiger partial charge in [-0.1, -0.05) is 6.92 Å². The van der Waals surface area contributed by atoms with E-state index in [0.717, 1.165) is 6.07 Å². The number of aliphatic hydroxyl groups excluding tert-OH is 1. The molecule has 1 rings (SSSR count). The minimum atomic E-state index is -0.685. The molecule has 0 heterocycles. The monoisotopic (exact) mass is 320 g/mol. The van der Waals surface area contributed by atoms with Crippen molar-refractivity contribution in [1.29, 1.82) is 0 Å². The Bertz CT molecular complexity index is 456. The van der Waals surface area contributed by atoms with Gasteiger partial charge in [-0.25, -0.2) is 4.39 Å². The Labute approximate surface area is 112 Å². The Morgan fingerprint density at radius 2 is 2.17 bits per heavy atom. The van der Waals surface area contributed by atoms with Crippen molar-refractivity contribution in [2.45, 2.75) is 19.9 Å². The number of nitro benzene ring substituents is 1. The van der Waals surface area contributed by atoms with E-state index >= 15 is 0 Å². The van der Waals surface area contributed by atoms with E-state index in [1.807, 2.05) is 6.92 Å². The van der Waals surface area contributed by atoms with Crippen LogP contribution in [0.15, 0.2) is 16.6 Å². The highest BCUT2D eigenvalue weighted by Gasteiger charge is 2.20. The van der Waals surface area contributed by atoms with Crippen LogP contribution in [0.2, 0.25) is 0 Å². The number of nitrogens with zero attached hydrogens (tertiary/aromatic N) is 1. The maximum Gasteiger partial charge on any atom is 0.295 e. The summed E-state index contributed by atoms with van der Waals surface area (Å²) >= 11 is 2.99. The van der Waals surface area contributed by atoms with E-state index in [1.165, 1.54) is 6.07 Å². The van der Waals surface area contributed by atoms with Gasteiger partial charge in [0.25, 0.3) is 5.69 Å². The second-order valence-electron chi connectivity index (χ2n) is 4.13. The smallest absolute Gasteiger partial charge is 0.295 e. The zero-order valence-electron chi connectivity index (χ0n) is 9.98. The van der Waals surface area contributed by atoms with Gasteiger partial charge >= 0.3 is 0 Å². The molecule has 0 saturated carbocycles. The van der Waals surface area contributed by atoms with Crippen LogP contribution in [0.3, 0.4) is 0 Å². The van der Waals surface area contributed by atoms with Gasteiger partial charge in [-0.3, -0.25) is 10.1 Å². The van der Waals surface area contributed by atoms with Gasteiger partial charge < -0.3 is 10.4 Å². The number of aliphatic hydroxyl groups is 1. The number of rotatable bonds is 5. The molecule has 5 nitrogen and oxygen atoms in total. The Hall–Kier alpha value is -1.21. The van der Waals surface area contributed by atoms with Crippen LogP contribution in [0.1, 0.15) is 13.8 Å². The van der Waals surface area contributed by atoms with Crippen molar-refractivity contribution < 1.29 is 14.4 Å². The fraction of sp³-hybridized carbons (Fsp3) is 0.455. The number of hydrogen-bond donors (Lipinski definition) is 2. The van der Waals surface area contributed by atoms with Gasteiger partial charge in [0, 0.05) is 12.6 Å². The molecule has 0 fully saturated rings. The third kappa shape index (κ3) is 3.39. The highest BCUT2D eigenvalue weighted by atomic mass is 79.9. The van der Waals surface area contributed by atoms with Gasteiger partial charge in [-0.05, 0) is 34.8 Å². The third-order valence-corrected chi connectivity index (χ3v) is 3.37. The first-order valence-electron chi connectivity index (χ1n) is 5.37. The molecule has 7 heteroatoms. The lowest BCUT2D eigenvalue weighted by Gasteiger charge is -2.20. The van der Waals surface area contributed by atoms with E-state index in [2.05, 4.69) is 21.2 Å². The average Bonchev–Trinajstić information content (AvgIpc) is 2.31. The Kier molecular flexibility index (Phi) is 5.03. The lowest BCUT2D eigenvalue weighted by molar-refractivity contribution is -0.384. The topological polar surface area (TPSA) is 75.4 Å². The first kappa shape index (κ1) is 14.8. The van der Waals surface area contributed by atoms with Gasteiger partial charge in [0.2, 0.25) is 0 Å². The summed E-state index contributed by atoms with van der Waals surface area (Å²) in [4.78, 5) is 10.2. The number of hydrogen-bond acceptors (Lipinski definition) is 4. The molecule has 100 valence electrons. The van der Waals surface area contributed by atoms with Crippen LogP contribution in [0.25, 0.3) is 0 Å². The molecule has 0 aliphatic carbocycles. The normalized spacial score (nSPS) is 14.1. The van der Waals surface area contributed by atoms with E-state index in [1.54, 1.807) is 6.92 Å². The first-order valence-corrected chi connectivity index (χ1v) is 6.17. The zero-order chi connectivity index (χ0) is 13.9. The summed E-state index contributed by atoms with van der Waals surface area (Å²) in [5.74, 6) is -0.761. The van der Waals surface area contributed by atoms with Gasteiger partial charge in [-0.15, -0.1) is 0 Å². The lowest BCUT2D eigenvalue weighted by Crippen LogP contribution is -2.26. The summed E-state index contributed by atoms with van der Waals surface area (Å²) < 4.78 is 13.4. The molecule has 0 amide bonds. The number of halogens is 2. The van der Waals surface area contributed by atoms with Crippen molar-refractivity contribution in [3.05, 3.63) is 32.5 Å². The SMILES string of the molecule is CC(CO)C(C)Nc1cc(Br)c(F)cc1[N+](=O)[O-].